The lowest BCUT2D eigenvalue weighted by Gasteiger charge is -2.13. The van der Waals surface area contributed by atoms with Crippen LogP contribution in [0.4, 0.5) is 0 Å². The molecule has 1 aliphatic carbocycles. The van der Waals surface area contributed by atoms with Crippen LogP contribution in [0.25, 0.3) is 0 Å². The van der Waals surface area contributed by atoms with Crippen molar-refractivity contribution < 1.29 is 0 Å². The highest BCUT2D eigenvalue weighted by molar-refractivity contribution is 14.0. The Kier molecular flexibility index (Phi) is 9.02. The molecule has 0 radical (unpaired) electrons. The largest absolute Gasteiger partial charge is 0.356 e. The maximum Gasteiger partial charge on any atom is 0.190 e. The van der Waals surface area contributed by atoms with Gasteiger partial charge in [-0.15, -0.1) is 24.0 Å². The molecule has 1 fully saturated rings. The number of hydrogen-bond acceptors (Lipinski definition) is 2. The van der Waals surface area contributed by atoms with E-state index in [1.54, 1.807) is 0 Å². The summed E-state index contributed by atoms with van der Waals surface area (Å²) in [5.41, 5.74) is 0. The van der Waals surface area contributed by atoms with Gasteiger partial charge in [0.25, 0.3) is 0 Å². The Balaban J connectivity index is 0.00000225. The van der Waals surface area contributed by atoms with E-state index < -0.39 is 0 Å². The van der Waals surface area contributed by atoms with Gasteiger partial charge in [-0.1, -0.05) is 0 Å². The van der Waals surface area contributed by atoms with Crippen LogP contribution in [0.1, 0.15) is 19.3 Å². The van der Waals surface area contributed by atoms with Crippen molar-refractivity contribution in [3.8, 4) is 0 Å². The number of halogens is 1. The van der Waals surface area contributed by atoms with Crippen LogP contribution in [-0.2, 0) is 0 Å². The van der Waals surface area contributed by atoms with Gasteiger partial charge < -0.3 is 15.5 Å². The second kappa shape index (κ2) is 9.04. The normalized spacial score (nSPS) is 15.9. The van der Waals surface area contributed by atoms with Crippen molar-refractivity contribution in [3.05, 3.63) is 0 Å². The molecule has 4 nitrogen and oxygen atoms in total. The first kappa shape index (κ1) is 16.0. The predicted octanol–water partition coefficient (Wildman–Crippen LogP) is 1.13. The molecule has 0 unspecified atom stereocenters. The standard InChI is InChI=1S/C11H24N4.HI/c1-12-11(14-9-10-5-6-10)13-7-4-8-15(2)3;/h10H,4-9H2,1-3H3,(H2,12,13,14);1H. The van der Waals surface area contributed by atoms with E-state index in [4.69, 9.17) is 0 Å². The summed E-state index contributed by atoms with van der Waals surface area (Å²) in [5.74, 6) is 1.84. The predicted molar refractivity (Wildman–Crippen MR) is 80.7 cm³/mol. The highest BCUT2D eigenvalue weighted by Crippen LogP contribution is 2.27. The van der Waals surface area contributed by atoms with Crippen molar-refractivity contribution >= 4 is 29.9 Å². The Morgan fingerprint density at radius 1 is 1.31 bits per heavy atom. The Labute approximate surface area is 116 Å². The fourth-order valence-electron chi connectivity index (χ4n) is 1.39. The molecule has 2 N–H and O–H groups in total. The van der Waals surface area contributed by atoms with Crippen LogP contribution in [0.15, 0.2) is 4.99 Å². The van der Waals surface area contributed by atoms with Gasteiger partial charge in [0.05, 0.1) is 0 Å². The average molecular weight is 340 g/mol. The lowest BCUT2D eigenvalue weighted by molar-refractivity contribution is 0.399. The first-order valence-electron chi connectivity index (χ1n) is 5.81. The maximum absolute atomic E-state index is 4.19. The van der Waals surface area contributed by atoms with Crippen molar-refractivity contribution in [2.45, 2.75) is 19.3 Å². The smallest absolute Gasteiger partial charge is 0.190 e. The summed E-state index contributed by atoms with van der Waals surface area (Å²) in [6, 6.07) is 0. The van der Waals surface area contributed by atoms with Crippen molar-refractivity contribution in [2.75, 3.05) is 40.8 Å². The van der Waals surface area contributed by atoms with Gasteiger partial charge >= 0.3 is 0 Å². The van der Waals surface area contributed by atoms with Crippen LogP contribution in [0, 0.1) is 5.92 Å². The Bertz CT molecular complexity index is 202. The minimum absolute atomic E-state index is 0. The van der Waals surface area contributed by atoms with E-state index in [0.29, 0.717) is 0 Å². The molecule has 0 aliphatic heterocycles. The summed E-state index contributed by atoms with van der Waals surface area (Å²) in [5, 5.41) is 6.66. The first-order valence-corrected chi connectivity index (χ1v) is 5.81. The molecule has 0 aromatic carbocycles. The number of rotatable bonds is 6. The molecule has 96 valence electrons. The molecule has 0 atom stereocenters. The van der Waals surface area contributed by atoms with Crippen LogP contribution < -0.4 is 10.6 Å². The zero-order chi connectivity index (χ0) is 11.1. The summed E-state index contributed by atoms with van der Waals surface area (Å²) >= 11 is 0. The number of nitrogens with zero attached hydrogens (tertiary/aromatic N) is 2. The Hall–Kier alpha value is -0.0400. The van der Waals surface area contributed by atoms with Gasteiger partial charge in [-0.25, -0.2) is 0 Å². The number of aliphatic imine (C=N–C) groups is 1. The molecule has 0 aromatic rings. The second-order valence-corrected chi connectivity index (χ2v) is 4.48. The molecule has 0 bridgehead atoms. The topological polar surface area (TPSA) is 39.7 Å². The summed E-state index contributed by atoms with van der Waals surface area (Å²) in [6.07, 6.45) is 3.91. The monoisotopic (exact) mass is 340 g/mol. The van der Waals surface area contributed by atoms with Crippen LogP contribution >= 0.6 is 24.0 Å². The van der Waals surface area contributed by atoms with Crippen molar-refractivity contribution in [1.82, 2.24) is 15.5 Å². The number of nitrogens with one attached hydrogen (secondary N) is 2. The molecule has 1 aliphatic rings. The summed E-state index contributed by atoms with van der Waals surface area (Å²) in [4.78, 5) is 6.38. The molecular weight excluding hydrogens is 315 g/mol. The van der Waals surface area contributed by atoms with Gasteiger partial charge in [-0.2, -0.15) is 0 Å². The van der Waals surface area contributed by atoms with E-state index in [1.807, 2.05) is 7.05 Å². The number of guanidine groups is 1. The quantitative estimate of drug-likeness (QED) is 0.330. The molecule has 1 rings (SSSR count). The zero-order valence-electron chi connectivity index (χ0n) is 10.6. The van der Waals surface area contributed by atoms with Gasteiger partial charge in [0.1, 0.15) is 0 Å². The lowest BCUT2D eigenvalue weighted by atomic mass is 10.4. The van der Waals surface area contributed by atoms with E-state index in [0.717, 1.165) is 37.9 Å². The van der Waals surface area contributed by atoms with Crippen molar-refractivity contribution in [2.24, 2.45) is 10.9 Å². The van der Waals surface area contributed by atoms with E-state index >= 15 is 0 Å². The molecule has 0 spiro atoms. The second-order valence-electron chi connectivity index (χ2n) is 4.48. The van der Waals surface area contributed by atoms with Gasteiger partial charge in [-0.3, -0.25) is 4.99 Å². The molecular formula is C11H25IN4. The third-order valence-electron chi connectivity index (χ3n) is 2.55. The Morgan fingerprint density at radius 3 is 2.50 bits per heavy atom. The van der Waals surface area contributed by atoms with Gasteiger partial charge in [-0.05, 0) is 45.8 Å². The molecule has 0 amide bonds. The highest BCUT2D eigenvalue weighted by Gasteiger charge is 2.20. The van der Waals surface area contributed by atoms with Gasteiger partial charge in [0, 0.05) is 20.1 Å². The van der Waals surface area contributed by atoms with Gasteiger partial charge in [0.15, 0.2) is 5.96 Å². The average Bonchev–Trinajstić information content (AvgIpc) is 3.00. The first-order chi connectivity index (χ1) is 7.22. The molecule has 0 aromatic heterocycles. The third-order valence-corrected chi connectivity index (χ3v) is 2.55. The summed E-state index contributed by atoms with van der Waals surface area (Å²) < 4.78 is 0. The van der Waals surface area contributed by atoms with Crippen LogP contribution in [0.2, 0.25) is 0 Å². The van der Waals surface area contributed by atoms with Crippen molar-refractivity contribution in [3.63, 3.8) is 0 Å². The molecule has 16 heavy (non-hydrogen) atoms. The van der Waals surface area contributed by atoms with E-state index in [9.17, 15) is 0 Å². The van der Waals surface area contributed by atoms with E-state index in [-0.39, 0.29) is 24.0 Å². The molecule has 1 saturated carbocycles. The minimum atomic E-state index is 0. The third kappa shape index (κ3) is 8.15. The SMILES string of the molecule is CN=C(NCCCN(C)C)NCC1CC1.I. The van der Waals surface area contributed by atoms with E-state index in [1.165, 1.54) is 12.8 Å². The van der Waals surface area contributed by atoms with Gasteiger partial charge in [0.2, 0.25) is 0 Å². The van der Waals surface area contributed by atoms with Crippen LogP contribution in [0.3, 0.4) is 0 Å². The highest BCUT2D eigenvalue weighted by atomic mass is 127. The van der Waals surface area contributed by atoms with Crippen molar-refractivity contribution in [1.29, 1.82) is 0 Å². The van der Waals surface area contributed by atoms with Crippen LogP contribution in [0.5, 0.6) is 0 Å². The summed E-state index contributed by atoms with van der Waals surface area (Å²) in [7, 11) is 6.02. The fourth-order valence-corrected chi connectivity index (χ4v) is 1.39. The lowest BCUT2D eigenvalue weighted by Crippen LogP contribution is -2.39. The number of hydrogen-bond donors (Lipinski definition) is 2. The molecule has 0 saturated heterocycles. The zero-order valence-corrected chi connectivity index (χ0v) is 13.0. The summed E-state index contributed by atoms with van der Waals surface area (Å²) in [6.45, 7) is 3.18. The maximum atomic E-state index is 4.19. The minimum Gasteiger partial charge on any atom is -0.356 e. The van der Waals surface area contributed by atoms with Crippen LogP contribution in [-0.4, -0.2) is 51.6 Å². The Morgan fingerprint density at radius 2 is 2.00 bits per heavy atom. The fraction of sp³-hybridized carbons (Fsp3) is 0.909. The van der Waals surface area contributed by atoms with E-state index in [2.05, 4.69) is 34.6 Å². The molecule has 5 heteroatoms. The molecule has 0 heterocycles.